The topological polar surface area (TPSA) is 61.8 Å². The number of esters is 2. The highest BCUT2D eigenvalue weighted by atomic mass is 16.6. The molecule has 8 aliphatic carbocycles. The molecule has 8 fully saturated rings. The average molecular weight is 861 g/mol. The monoisotopic (exact) mass is 861 g/mol. The van der Waals surface area contributed by atoms with Gasteiger partial charge in [-0.1, -0.05) is 88.0 Å². The Morgan fingerprint density at radius 2 is 1.13 bits per heavy atom. The van der Waals surface area contributed by atoms with Gasteiger partial charge in [0.2, 0.25) is 0 Å². The van der Waals surface area contributed by atoms with Crippen LogP contribution < -0.4 is 0 Å². The van der Waals surface area contributed by atoms with Crippen LogP contribution in [0.25, 0.3) is 0 Å². The van der Waals surface area contributed by atoms with Gasteiger partial charge in [0.15, 0.2) is 6.10 Å². The first-order valence-electron chi connectivity index (χ1n) is 27.6. The summed E-state index contributed by atoms with van der Waals surface area (Å²) in [7, 11) is 0. The number of fused-ring (bicyclic) bond motifs is 10. The van der Waals surface area contributed by atoms with E-state index in [1.54, 1.807) is 0 Å². The molecule has 0 aromatic rings. The van der Waals surface area contributed by atoms with E-state index >= 15 is 0 Å². The number of carbonyl (C=O) groups is 2. The summed E-state index contributed by atoms with van der Waals surface area (Å²) in [4.78, 5) is 27.1. The van der Waals surface area contributed by atoms with Gasteiger partial charge in [0, 0.05) is 12.8 Å². The molecule has 0 N–H and O–H groups in total. The summed E-state index contributed by atoms with van der Waals surface area (Å²) in [5, 5.41) is 0. The highest BCUT2D eigenvalue weighted by molar-refractivity contribution is 5.70. The van der Waals surface area contributed by atoms with E-state index in [-0.39, 0.29) is 31.3 Å². The SMILES string of the molecule is CCC(CC)OCC(COC(=O)CCC(C)C1CCC2C3CCC4CCCCC4(C)C3C[C@@H](C)C12C)OC(=O)CCC(C)C1CCC2C3CCC4CCCCC4(C)C3CCC12C. The van der Waals surface area contributed by atoms with Crippen LogP contribution in [-0.2, 0) is 23.8 Å². The van der Waals surface area contributed by atoms with Crippen LogP contribution in [0.5, 0.6) is 0 Å². The minimum atomic E-state index is -0.564. The van der Waals surface area contributed by atoms with E-state index < -0.39 is 6.10 Å². The molecule has 0 saturated heterocycles. The molecule has 0 aromatic carbocycles. The first-order chi connectivity index (χ1) is 29.7. The zero-order chi connectivity index (χ0) is 44.0. The smallest absolute Gasteiger partial charge is 0.306 e. The van der Waals surface area contributed by atoms with Gasteiger partial charge in [0.1, 0.15) is 6.61 Å². The normalized spacial score (nSPS) is 45.0. The average Bonchev–Trinajstić information content (AvgIpc) is 3.82. The molecule has 8 aliphatic rings. The van der Waals surface area contributed by atoms with Crippen molar-refractivity contribution in [3.63, 3.8) is 0 Å². The van der Waals surface area contributed by atoms with Crippen LogP contribution >= 0.6 is 0 Å². The minimum absolute atomic E-state index is 0.0858. The molecular weight excluding hydrogens is 765 g/mol. The Morgan fingerprint density at radius 3 is 1.79 bits per heavy atom. The van der Waals surface area contributed by atoms with Crippen molar-refractivity contribution in [1.82, 2.24) is 0 Å². The van der Waals surface area contributed by atoms with Gasteiger partial charge in [0.05, 0.1) is 12.7 Å². The van der Waals surface area contributed by atoms with Gasteiger partial charge in [-0.15, -0.1) is 0 Å². The van der Waals surface area contributed by atoms with Crippen LogP contribution in [0.1, 0.15) is 223 Å². The third-order valence-corrected chi connectivity index (χ3v) is 23.0. The van der Waals surface area contributed by atoms with Crippen LogP contribution in [0.15, 0.2) is 0 Å². The second kappa shape index (κ2) is 19.2. The summed E-state index contributed by atoms with van der Waals surface area (Å²) >= 11 is 0. The Hall–Kier alpha value is -1.10. The molecule has 5 heteroatoms. The van der Waals surface area contributed by atoms with Crippen LogP contribution in [-0.4, -0.2) is 37.4 Å². The van der Waals surface area contributed by atoms with E-state index in [2.05, 4.69) is 62.3 Å². The van der Waals surface area contributed by atoms with E-state index in [9.17, 15) is 9.59 Å². The van der Waals surface area contributed by atoms with Crippen LogP contribution in [0.3, 0.4) is 0 Å². The predicted octanol–water partition coefficient (Wildman–Crippen LogP) is 14.8. The number of hydrogen-bond acceptors (Lipinski definition) is 5. The van der Waals surface area contributed by atoms with E-state index in [4.69, 9.17) is 14.2 Å². The van der Waals surface area contributed by atoms with Crippen LogP contribution in [0.2, 0.25) is 0 Å². The second-order valence-electron chi connectivity index (χ2n) is 25.3. The van der Waals surface area contributed by atoms with E-state index in [1.807, 2.05) is 0 Å². The number of ether oxygens (including phenoxy) is 3. The van der Waals surface area contributed by atoms with Gasteiger partial charge in [-0.05, 0) is 221 Å². The fraction of sp³-hybridized carbons (Fsp3) is 0.965. The zero-order valence-electron chi connectivity index (χ0n) is 41.8. The van der Waals surface area contributed by atoms with Gasteiger partial charge in [0.25, 0.3) is 0 Å². The quantitative estimate of drug-likeness (QED) is 0.145. The summed E-state index contributed by atoms with van der Waals surface area (Å²) < 4.78 is 18.4. The fourth-order valence-electron chi connectivity index (χ4n) is 19.3. The molecular formula is C57H96O5. The molecule has 0 heterocycles. The lowest BCUT2D eigenvalue weighted by Crippen LogP contribution is -2.55. The number of carbonyl (C=O) groups excluding carboxylic acids is 2. The summed E-state index contributed by atoms with van der Waals surface area (Å²) in [6.45, 7) is 22.8. The Labute approximate surface area is 381 Å². The van der Waals surface area contributed by atoms with Gasteiger partial charge in [-0.3, -0.25) is 9.59 Å². The molecule has 5 nitrogen and oxygen atoms in total. The van der Waals surface area contributed by atoms with Crippen molar-refractivity contribution in [3.05, 3.63) is 0 Å². The first kappa shape index (κ1) is 47.4. The van der Waals surface area contributed by atoms with E-state index in [1.165, 1.54) is 122 Å². The molecule has 8 rings (SSSR count). The van der Waals surface area contributed by atoms with Crippen LogP contribution in [0.4, 0.5) is 0 Å². The van der Waals surface area contributed by atoms with Crippen molar-refractivity contribution in [2.45, 2.75) is 235 Å². The maximum atomic E-state index is 13.6. The molecule has 0 aliphatic heterocycles. The van der Waals surface area contributed by atoms with Crippen molar-refractivity contribution in [1.29, 1.82) is 0 Å². The minimum Gasteiger partial charge on any atom is -0.462 e. The van der Waals surface area contributed by atoms with Gasteiger partial charge < -0.3 is 14.2 Å². The van der Waals surface area contributed by atoms with E-state index in [0.717, 1.165) is 78.9 Å². The standard InChI is InChI=1S/C57H96O5/c1-10-42(11-2)60-35-43(62-53(59)29-19-37(3)46-24-26-48-44-22-20-40-16-12-14-31-54(40,6)49(44)30-33-56(46,48)8)36-61-52(58)28-18-38(4)47-25-27-50-45-23-21-41-17-13-15-32-55(41,7)51(45)34-39(5)57(47,50)9/h37-51H,10-36H2,1-9H3/t37?,38?,39-,40?,41?,43?,44?,45?,46?,47?,48?,49?,50?,51?,54?,55?,56?,57?/m1/s1. The number of rotatable bonds is 16. The van der Waals surface area contributed by atoms with Crippen molar-refractivity contribution in [3.8, 4) is 0 Å². The highest BCUT2D eigenvalue weighted by Crippen LogP contribution is 2.71. The maximum absolute atomic E-state index is 13.6. The summed E-state index contributed by atoms with van der Waals surface area (Å²) in [5.74, 6) is 10.1. The van der Waals surface area contributed by atoms with Crippen molar-refractivity contribution < 1.29 is 23.8 Å². The van der Waals surface area contributed by atoms with Crippen molar-refractivity contribution in [2.75, 3.05) is 13.2 Å². The Bertz CT molecular complexity index is 1520. The van der Waals surface area contributed by atoms with Gasteiger partial charge >= 0.3 is 11.9 Å². The molecule has 0 radical (unpaired) electrons. The predicted molar refractivity (Wildman–Crippen MR) is 252 cm³/mol. The Kier molecular flexibility index (Phi) is 14.7. The molecule has 0 spiro atoms. The van der Waals surface area contributed by atoms with Crippen molar-refractivity contribution in [2.24, 2.45) is 98.6 Å². The molecule has 18 atom stereocenters. The lowest BCUT2D eigenvalue weighted by molar-refractivity contribution is -0.165. The number of hydrogen-bond donors (Lipinski definition) is 0. The van der Waals surface area contributed by atoms with Crippen molar-refractivity contribution >= 4 is 11.9 Å². The largest absolute Gasteiger partial charge is 0.462 e. The second-order valence-corrected chi connectivity index (χ2v) is 25.3. The third kappa shape index (κ3) is 8.67. The summed E-state index contributed by atoms with van der Waals surface area (Å²) in [6.07, 6.45) is 31.1. The molecule has 354 valence electrons. The third-order valence-electron chi connectivity index (χ3n) is 23.0. The first-order valence-corrected chi connectivity index (χ1v) is 27.6. The fourth-order valence-corrected chi connectivity index (χ4v) is 19.3. The molecule has 62 heavy (non-hydrogen) atoms. The van der Waals surface area contributed by atoms with Gasteiger partial charge in [-0.25, -0.2) is 0 Å². The lowest BCUT2D eigenvalue weighted by Gasteiger charge is -2.62. The molecule has 0 amide bonds. The molecule has 0 aromatic heterocycles. The van der Waals surface area contributed by atoms with E-state index in [0.29, 0.717) is 58.2 Å². The highest BCUT2D eigenvalue weighted by Gasteiger charge is 2.63. The Balaban J connectivity index is 0.814. The molecule has 8 saturated carbocycles. The summed E-state index contributed by atoms with van der Waals surface area (Å²) in [5.41, 5.74) is 1.92. The maximum Gasteiger partial charge on any atom is 0.306 e. The lowest BCUT2D eigenvalue weighted by atomic mass is 9.42. The van der Waals surface area contributed by atoms with Gasteiger partial charge in [-0.2, -0.15) is 0 Å². The summed E-state index contributed by atoms with van der Waals surface area (Å²) in [6, 6.07) is 0. The molecule has 17 unspecified atom stereocenters. The van der Waals surface area contributed by atoms with Crippen LogP contribution in [0, 0.1) is 98.6 Å². The zero-order valence-corrected chi connectivity index (χ0v) is 41.8. The Morgan fingerprint density at radius 1 is 0.565 bits per heavy atom. The molecule has 0 bridgehead atoms.